The number of amides is 1. The number of carbonyl (C=O) groups is 2. The average molecular weight is 552 g/mol. The van der Waals surface area contributed by atoms with Gasteiger partial charge >= 0.3 is 5.97 Å². The summed E-state index contributed by atoms with van der Waals surface area (Å²) in [5, 5.41) is 7.66. The van der Waals surface area contributed by atoms with E-state index in [4.69, 9.17) is 25.8 Å². The fraction of sp³-hybridized carbons (Fsp3) is 0.304. The number of benzene rings is 2. The summed E-state index contributed by atoms with van der Waals surface area (Å²) in [6.45, 7) is 2.22. The molecule has 1 aromatic heterocycles. The van der Waals surface area contributed by atoms with Crippen molar-refractivity contribution < 1.29 is 23.8 Å². The van der Waals surface area contributed by atoms with Gasteiger partial charge in [-0.15, -0.1) is 0 Å². The van der Waals surface area contributed by atoms with Crippen LogP contribution in [0.2, 0.25) is 5.02 Å². The van der Waals surface area contributed by atoms with Crippen molar-refractivity contribution in [1.29, 1.82) is 0 Å². The van der Waals surface area contributed by atoms with Gasteiger partial charge in [-0.1, -0.05) is 33.6 Å². The first-order valence-corrected chi connectivity index (χ1v) is 11.9. The number of nitrogens with one attached hydrogen (secondary N) is 2. The van der Waals surface area contributed by atoms with Crippen molar-refractivity contribution in [3.8, 4) is 11.5 Å². The maximum absolute atomic E-state index is 12.4. The third-order valence-electron chi connectivity index (χ3n) is 4.67. The SMILES string of the molecule is CCOC(=O)CNC(=O)Cc1ccc(Cl)cc1Nc1ncnc2cc(OC)c(OCCBr)cc12. The summed E-state index contributed by atoms with van der Waals surface area (Å²) >= 11 is 9.57. The summed E-state index contributed by atoms with van der Waals surface area (Å²) in [5.41, 5.74) is 1.91. The second-order valence-corrected chi connectivity index (χ2v) is 8.19. The van der Waals surface area contributed by atoms with Gasteiger partial charge in [0.05, 0.1) is 32.3 Å². The Morgan fingerprint density at radius 2 is 1.97 bits per heavy atom. The number of rotatable bonds is 11. The van der Waals surface area contributed by atoms with Crippen LogP contribution in [0.15, 0.2) is 36.7 Å². The first-order valence-electron chi connectivity index (χ1n) is 10.4. The molecule has 2 aromatic carbocycles. The minimum absolute atomic E-state index is 0.0232. The van der Waals surface area contributed by atoms with Crippen LogP contribution in [-0.4, -0.2) is 54.0 Å². The Morgan fingerprint density at radius 1 is 1.15 bits per heavy atom. The van der Waals surface area contributed by atoms with E-state index in [0.717, 1.165) is 0 Å². The monoisotopic (exact) mass is 550 g/mol. The van der Waals surface area contributed by atoms with Crippen molar-refractivity contribution in [2.75, 3.05) is 37.5 Å². The Hall–Kier alpha value is -3.11. The van der Waals surface area contributed by atoms with E-state index >= 15 is 0 Å². The smallest absolute Gasteiger partial charge is 0.325 e. The summed E-state index contributed by atoms with van der Waals surface area (Å²) in [6.07, 6.45) is 1.45. The minimum Gasteiger partial charge on any atom is -0.493 e. The summed E-state index contributed by atoms with van der Waals surface area (Å²) in [4.78, 5) is 32.6. The molecule has 0 bridgehead atoms. The van der Waals surface area contributed by atoms with Crippen molar-refractivity contribution in [3.05, 3.63) is 47.2 Å². The molecular formula is C23H24BrClN4O5. The van der Waals surface area contributed by atoms with Crippen LogP contribution in [0, 0.1) is 0 Å². The molecule has 9 nitrogen and oxygen atoms in total. The molecule has 11 heteroatoms. The Labute approximate surface area is 210 Å². The van der Waals surface area contributed by atoms with E-state index in [-0.39, 0.29) is 25.5 Å². The molecule has 0 saturated heterocycles. The molecule has 1 heterocycles. The van der Waals surface area contributed by atoms with Crippen LogP contribution in [-0.2, 0) is 20.7 Å². The second-order valence-electron chi connectivity index (χ2n) is 6.96. The summed E-state index contributed by atoms with van der Waals surface area (Å²) in [6, 6.07) is 8.71. The molecular weight excluding hydrogens is 528 g/mol. The molecule has 1 amide bonds. The maximum atomic E-state index is 12.4. The molecule has 180 valence electrons. The summed E-state index contributed by atoms with van der Waals surface area (Å²) in [7, 11) is 1.56. The highest BCUT2D eigenvalue weighted by atomic mass is 79.9. The van der Waals surface area contributed by atoms with Crippen LogP contribution in [0.5, 0.6) is 11.5 Å². The molecule has 0 radical (unpaired) electrons. The number of ether oxygens (including phenoxy) is 3. The number of hydrogen-bond acceptors (Lipinski definition) is 8. The van der Waals surface area contributed by atoms with Gasteiger partial charge in [0.2, 0.25) is 5.91 Å². The van der Waals surface area contributed by atoms with E-state index in [1.807, 2.05) is 0 Å². The van der Waals surface area contributed by atoms with Gasteiger partial charge in [-0.2, -0.15) is 0 Å². The standard InChI is InChI=1S/C23H24BrClN4O5/c1-3-33-22(31)12-26-21(30)8-14-4-5-15(25)9-17(14)29-23-16-10-20(34-7-6-24)19(32-2)11-18(16)27-13-28-23/h4-5,9-11,13H,3,6-8,12H2,1-2H3,(H,26,30)(H,27,28,29). The lowest BCUT2D eigenvalue weighted by Gasteiger charge is -2.15. The van der Waals surface area contributed by atoms with Gasteiger partial charge in [0.15, 0.2) is 11.5 Å². The van der Waals surface area contributed by atoms with Gasteiger partial charge in [0.25, 0.3) is 0 Å². The Kier molecular flexibility index (Phi) is 9.29. The van der Waals surface area contributed by atoms with E-state index in [9.17, 15) is 9.59 Å². The molecule has 0 unspecified atom stereocenters. The first-order chi connectivity index (χ1) is 16.4. The number of esters is 1. The van der Waals surface area contributed by atoms with Crippen LogP contribution < -0.4 is 20.1 Å². The quantitative estimate of drug-likeness (QED) is 0.271. The van der Waals surface area contributed by atoms with E-state index in [0.29, 0.717) is 56.4 Å². The van der Waals surface area contributed by atoms with Crippen molar-refractivity contribution in [2.45, 2.75) is 13.3 Å². The number of hydrogen-bond donors (Lipinski definition) is 2. The number of nitrogens with zero attached hydrogens (tertiary/aromatic N) is 2. The predicted molar refractivity (Wildman–Crippen MR) is 133 cm³/mol. The normalized spacial score (nSPS) is 10.6. The number of aromatic nitrogens is 2. The van der Waals surface area contributed by atoms with E-state index in [2.05, 4.69) is 36.5 Å². The zero-order valence-corrected chi connectivity index (χ0v) is 21.0. The molecule has 34 heavy (non-hydrogen) atoms. The number of carbonyl (C=O) groups excluding carboxylic acids is 2. The zero-order valence-electron chi connectivity index (χ0n) is 18.7. The van der Waals surface area contributed by atoms with Gasteiger partial charge < -0.3 is 24.8 Å². The van der Waals surface area contributed by atoms with Crippen LogP contribution in [0.1, 0.15) is 12.5 Å². The summed E-state index contributed by atoms with van der Waals surface area (Å²) < 4.78 is 16.0. The van der Waals surface area contributed by atoms with Crippen LogP contribution >= 0.6 is 27.5 Å². The van der Waals surface area contributed by atoms with Crippen molar-refractivity contribution in [2.24, 2.45) is 0 Å². The van der Waals surface area contributed by atoms with Crippen LogP contribution in [0.3, 0.4) is 0 Å². The molecule has 3 aromatic rings. The van der Waals surface area contributed by atoms with Crippen molar-refractivity contribution >= 4 is 61.8 Å². The van der Waals surface area contributed by atoms with Crippen LogP contribution in [0.25, 0.3) is 10.9 Å². The Balaban J connectivity index is 1.88. The van der Waals surface area contributed by atoms with Gasteiger partial charge in [-0.25, -0.2) is 9.97 Å². The van der Waals surface area contributed by atoms with Gasteiger partial charge in [0.1, 0.15) is 18.7 Å². The second kappa shape index (κ2) is 12.4. The number of fused-ring (bicyclic) bond motifs is 1. The number of anilines is 2. The fourth-order valence-corrected chi connectivity index (χ4v) is 3.48. The van der Waals surface area contributed by atoms with Crippen molar-refractivity contribution in [1.82, 2.24) is 15.3 Å². The molecule has 0 saturated carbocycles. The minimum atomic E-state index is -0.494. The third-order valence-corrected chi connectivity index (χ3v) is 5.23. The van der Waals surface area contributed by atoms with E-state index < -0.39 is 5.97 Å². The highest BCUT2D eigenvalue weighted by Gasteiger charge is 2.15. The lowest BCUT2D eigenvalue weighted by atomic mass is 10.1. The lowest BCUT2D eigenvalue weighted by molar-refractivity contribution is -0.143. The molecule has 2 N–H and O–H groups in total. The lowest BCUT2D eigenvalue weighted by Crippen LogP contribution is -2.31. The molecule has 0 aliphatic carbocycles. The van der Waals surface area contributed by atoms with Gasteiger partial charge in [-0.3, -0.25) is 9.59 Å². The van der Waals surface area contributed by atoms with Gasteiger partial charge in [-0.05, 0) is 30.7 Å². The number of methoxy groups -OCH3 is 1. The fourth-order valence-electron chi connectivity index (χ4n) is 3.15. The Morgan fingerprint density at radius 3 is 2.71 bits per heavy atom. The highest BCUT2D eigenvalue weighted by molar-refractivity contribution is 9.09. The molecule has 0 aliphatic rings. The van der Waals surface area contributed by atoms with Crippen LogP contribution in [0.4, 0.5) is 11.5 Å². The highest BCUT2D eigenvalue weighted by Crippen LogP contribution is 2.35. The number of alkyl halides is 1. The molecule has 0 aliphatic heterocycles. The van der Waals surface area contributed by atoms with E-state index in [1.54, 1.807) is 44.4 Å². The average Bonchev–Trinajstić information content (AvgIpc) is 2.83. The maximum Gasteiger partial charge on any atom is 0.325 e. The molecule has 0 fully saturated rings. The predicted octanol–water partition coefficient (Wildman–Crippen LogP) is 4.03. The first kappa shape index (κ1) is 25.5. The molecule has 0 atom stereocenters. The summed E-state index contributed by atoms with van der Waals surface area (Å²) in [5.74, 6) is 0.788. The Bertz CT molecular complexity index is 1180. The third kappa shape index (κ3) is 6.71. The topological polar surface area (TPSA) is 112 Å². The largest absolute Gasteiger partial charge is 0.493 e. The zero-order chi connectivity index (χ0) is 24.5. The van der Waals surface area contributed by atoms with E-state index in [1.165, 1.54) is 6.33 Å². The molecule has 3 rings (SSSR count). The van der Waals surface area contributed by atoms with Crippen molar-refractivity contribution in [3.63, 3.8) is 0 Å². The van der Waals surface area contributed by atoms with Gasteiger partial charge in [0, 0.05) is 27.5 Å². The molecule has 0 spiro atoms. The number of halogens is 2.